The SMILES string of the molecule is Cc1cc(Cl)c(NCc2cc(-c3cccs3)cs2)cc1Cl. The van der Waals surface area contributed by atoms with Crippen LogP contribution in [0.2, 0.25) is 10.0 Å². The molecule has 1 N–H and O–H groups in total. The Morgan fingerprint density at radius 2 is 1.95 bits per heavy atom. The zero-order chi connectivity index (χ0) is 14.8. The molecule has 108 valence electrons. The molecular weight excluding hydrogens is 341 g/mol. The molecule has 3 rings (SSSR count). The van der Waals surface area contributed by atoms with Gasteiger partial charge in [-0.3, -0.25) is 0 Å². The molecule has 1 nitrogen and oxygen atoms in total. The highest BCUT2D eigenvalue weighted by molar-refractivity contribution is 7.14. The van der Waals surface area contributed by atoms with Gasteiger partial charge in [0.25, 0.3) is 0 Å². The topological polar surface area (TPSA) is 12.0 Å². The normalized spacial score (nSPS) is 10.8. The van der Waals surface area contributed by atoms with Crippen molar-refractivity contribution < 1.29 is 0 Å². The first-order valence-electron chi connectivity index (χ1n) is 6.44. The summed E-state index contributed by atoms with van der Waals surface area (Å²) in [7, 11) is 0. The van der Waals surface area contributed by atoms with E-state index in [0.29, 0.717) is 5.02 Å². The van der Waals surface area contributed by atoms with Crippen molar-refractivity contribution in [2.75, 3.05) is 5.32 Å². The van der Waals surface area contributed by atoms with Crippen LogP contribution in [0.15, 0.2) is 41.1 Å². The van der Waals surface area contributed by atoms with Gasteiger partial charge in [0.05, 0.1) is 10.7 Å². The molecule has 0 aliphatic carbocycles. The van der Waals surface area contributed by atoms with Gasteiger partial charge in [-0.05, 0) is 47.5 Å². The minimum Gasteiger partial charge on any atom is -0.379 e. The van der Waals surface area contributed by atoms with E-state index in [0.717, 1.165) is 22.8 Å². The summed E-state index contributed by atoms with van der Waals surface area (Å²) in [5.41, 5.74) is 3.14. The summed E-state index contributed by atoms with van der Waals surface area (Å²) in [4.78, 5) is 2.57. The molecule has 0 radical (unpaired) electrons. The number of hydrogen-bond donors (Lipinski definition) is 1. The molecule has 0 spiro atoms. The second kappa shape index (κ2) is 6.41. The van der Waals surface area contributed by atoms with E-state index in [9.17, 15) is 0 Å². The monoisotopic (exact) mass is 353 g/mol. The zero-order valence-corrected chi connectivity index (χ0v) is 14.5. The van der Waals surface area contributed by atoms with Gasteiger partial charge in [-0.2, -0.15) is 0 Å². The second-order valence-corrected chi connectivity index (χ2v) is 7.47. The number of benzene rings is 1. The summed E-state index contributed by atoms with van der Waals surface area (Å²) in [5.74, 6) is 0. The summed E-state index contributed by atoms with van der Waals surface area (Å²) in [6.07, 6.45) is 0. The average Bonchev–Trinajstić information content (AvgIpc) is 3.11. The molecule has 0 saturated carbocycles. The van der Waals surface area contributed by atoms with Crippen LogP contribution in [0.1, 0.15) is 10.4 Å². The first-order chi connectivity index (χ1) is 10.1. The van der Waals surface area contributed by atoms with Gasteiger partial charge in [-0.1, -0.05) is 29.3 Å². The van der Waals surface area contributed by atoms with Gasteiger partial charge < -0.3 is 5.32 Å². The maximum absolute atomic E-state index is 6.24. The van der Waals surface area contributed by atoms with Gasteiger partial charge >= 0.3 is 0 Å². The maximum atomic E-state index is 6.24. The molecule has 0 unspecified atom stereocenters. The lowest BCUT2D eigenvalue weighted by Crippen LogP contribution is -1.98. The number of hydrogen-bond acceptors (Lipinski definition) is 3. The van der Waals surface area contributed by atoms with Crippen LogP contribution in [0, 0.1) is 6.92 Å². The first-order valence-corrected chi connectivity index (χ1v) is 8.96. The predicted octanol–water partition coefficient (Wildman–Crippen LogP) is 6.70. The lowest BCUT2D eigenvalue weighted by Gasteiger charge is -2.09. The van der Waals surface area contributed by atoms with Crippen LogP contribution in [0.5, 0.6) is 0 Å². The number of nitrogens with one attached hydrogen (secondary N) is 1. The smallest absolute Gasteiger partial charge is 0.0641 e. The van der Waals surface area contributed by atoms with Gasteiger partial charge in [0.2, 0.25) is 0 Å². The van der Waals surface area contributed by atoms with E-state index in [1.165, 1.54) is 15.3 Å². The maximum Gasteiger partial charge on any atom is 0.0641 e. The van der Waals surface area contributed by atoms with Gasteiger partial charge in [-0.15, -0.1) is 22.7 Å². The minimum absolute atomic E-state index is 0.701. The molecule has 0 atom stereocenters. The van der Waals surface area contributed by atoms with E-state index in [-0.39, 0.29) is 0 Å². The van der Waals surface area contributed by atoms with Crippen molar-refractivity contribution in [2.24, 2.45) is 0 Å². The Bertz CT molecular complexity index is 748. The van der Waals surface area contributed by atoms with Gasteiger partial charge in [0.15, 0.2) is 0 Å². The number of thiophene rings is 2. The quantitative estimate of drug-likeness (QED) is 0.549. The molecule has 0 aliphatic heterocycles. The van der Waals surface area contributed by atoms with Crippen molar-refractivity contribution >= 4 is 51.6 Å². The van der Waals surface area contributed by atoms with Crippen LogP contribution >= 0.6 is 45.9 Å². The van der Waals surface area contributed by atoms with Crippen molar-refractivity contribution in [1.82, 2.24) is 0 Å². The molecule has 0 fully saturated rings. The van der Waals surface area contributed by atoms with E-state index in [4.69, 9.17) is 23.2 Å². The van der Waals surface area contributed by atoms with Crippen molar-refractivity contribution in [2.45, 2.75) is 13.5 Å². The van der Waals surface area contributed by atoms with E-state index in [2.05, 4.69) is 34.3 Å². The van der Waals surface area contributed by atoms with Crippen molar-refractivity contribution in [3.63, 3.8) is 0 Å². The van der Waals surface area contributed by atoms with Crippen LogP contribution < -0.4 is 5.32 Å². The zero-order valence-electron chi connectivity index (χ0n) is 11.3. The molecule has 0 aliphatic rings. The number of halogens is 2. The highest BCUT2D eigenvalue weighted by Gasteiger charge is 2.07. The predicted molar refractivity (Wildman–Crippen MR) is 96.2 cm³/mol. The first kappa shape index (κ1) is 14.9. The minimum atomic E-state index is 0.701. The van der Waals surface area contributed by atoms with Crippen molar-refractivity contribution in [1.29, 1.82) is 0 Å². The van der Waals surface area contributed by atoms with E-state index < -0.39 is 0 Å². The van der Waals surface area contributed by atoms with Crippen molar-refractivity contribution in [3.8, 4) is 10.4 Å². The molecule has 0 bridgehead atoms. The van der Waals surface area contributed by atoms with Crippen LogP contribution in [-0.2, 0) is 6.54 Å². The Labute approximate surface area is 142 Å². The fraction of sp³-hybridized carbons (Fsp3) is 0.125. The summed E-state index contributed by atoms with van der Waals surface area (Å²) < 4.78 is 0. The van der Waals surface area contributed by atoms with E-state index in [1.807, 2.05) is 19.1 Å². The highest BCUT2D eigenvalue weighted by atomic mass is 35.5. The largest absolute Gasteiger partial charge is 0.379 e. The van der Waals surface area contributed by atoms with Crippen LogP contribution in [0.3, 0.4) is 0 Å². The van der Waals surface area contributed by atoms with Crippen LogP contribution in [0.25, 0.3) is 10.4 Å². The van der Waals surface area contributed by atoms with Crippen LogP contribution in [-0.4, -0.2) is 0 Å². The standard InChI is InChI=1S/C16H13Cl2NS2/c1-10-5-14(18)15(7-13(10)17)19-8-12-6-11(9-21-12)16-3-2-4-20-16/h2-7,9,19H,8H2,1H3. The fourth-order valence-electron chi connectivity index (χ4n) is 2.01. The molecular formula is C16H13Cl2NS2. The second-order valence-electron chi connectivity index (χ2n) is 4.71. The summed E-state index contributed by atoms with van der Waals surface area (Å²) in [6.45, 7) is 2.69. The summed E-state index contributed by atoms with van der Waals surface area (Å²) >= 11 is 15.9. The molecule has 2 heterocycles. The Hall–Kier alpha value is -1.00. The highest BCUT2D eigenvalue weighted by Crippen LogP contribution is 2.32. The number of aryl methyl sites for hydroxylation is 1. The average molecular weight is 354 g/mol. The Kier molecular flexibility index (Phi) is 4.55. The summed E-state index contributed by atoms with van der Waals surface area (Å²) in [6, 6.07) is 10.2. The third-order valence-corrected chi connectivity index (χ3v) is 5.74. The lowest BCUT2D eigenvalue weighted by molar-refractivity contribution is 1.19. The van der Waals surface area contributed by atoms with Gasteiger partial charge in [0, 0.05) is 26.9 Å². The van der Waals surface area contributed by atoms with Gasteiger partial charge in [0.1, 0.15) is 0 Å². The molecule has 1 aromatic carbocycles. The fourth-order valence-corrected chi connectivity index (χ4v) is 4.07. The van der Waals surface area contributed by atoms with E-state index in [1.54, 1.807) is 22.7 Å². The van der Waals surface area contributed by atoms with Gasteiger partial charge in [-0.25, -0.2) is 0 Å². The van der Waals surface area contributed by atoms with E-state index >= 15 is 0 Å². The molecule has 2 aromatic heterocycles. The Balaban J connectivity index is 1.72. The Morgan fingerprint density at radius 1 is 1.10 bits per heavy atom. The number of anilines is 1. The molecule has 21 heavy (non-hydrogen) atoms. The number of rotatable bonds is 4. The third-order valence-electron chi connectivity index (χ3n) is 3.16. The lowest BCUT2D eigenvalue weighted by atomic mass is 10.2. The third kappa shape index (κ3) is 3.43. The molecule has 0 saturated heterocycles. The molecule has 0 amide bonds. The molecule has 5 heteroatoms. The Morgan fingerprint density at radius 3 is 2.71 bits per heavy atom. The molecule has 3 aromatic rings. The van der Waals surface area contributed by atoms with Crippen molar-refractivity contribution in [3.05, 3.63) is 61.6 Å². The summed E-state index contributed by atoms with van der Waals surface area (Å²) in [5, 5.41) is 9.07. The van der Waals surface area contributed by atoms with Crippen LogP contribution in [0.4, 0.5) is 5.69 Å².